The number of alkyl halides is 1. The lowest BCUT2D eigenvalue weighted by molar-refractivity contribution is 0.0531. The van der Waals surface area contributed by atoms with Crippen LogP contribution in [0.25, 0.3) is 11.3 Å². The van der Waals surface area contributed by atoms with Crippen LogP contribution < -0.4 is 14.4 Å². The van der Waals surface area contributed by atoms with Crippen LogP contribution in [0.1, 0.15) is 80.1 Å². The molecule has 2 atom stereocenters. The van der Waals surface area contributed by atoms with Gasteiger partial charge in [-0.25, -0.2) is 27.5 Å². The lowest BCUT2D eigenvalue weighted by Crippen LogP contribution is -2.44. The first-order valence-corrected chi connectivity index (χ1v) is 18.5. The third-order valence-electron chi connectivity index (χ3n) is 9.36. The molecule has 2 aromatic carbocycles. The average Bonchev–Trinajstić information content (AvgIpc) is 3.07. The van der Waals surface area contributed by atoms with E-state index in [0.717, 1.165) is 48.3 Å². The number of fused-ring (bicyclic) bond motifs is 4. The van der Waals surface area contributed by atoms with Crippen LogP contribution in [0.2, 0.25) is 0 Å². The van der Waals surface area contributed by atoms with E-state index >= 15 is 4.39 Å². The highest BCUT2D eigenvalue weighted by Gasteiger charge is 2.31. The molecule has 4 heterocycles. The number of anilines is 2. The molecule has 1 fully saturated rings. The molecule has 6 rings (SSSR count). The zero-order chi connectivity index (χ0) is 35.6. The minimum Gasteiger partial charge on any atom is -0.475 e. The van der Waals surface area contributed by atoms with Gasteiger partial charge in [0, 0.05) is 29.8 Å². The SMILES string of the molecule is Cc1cccc(C)c1-c1cc2nc(n1)NS(=O)(=O)c1cccc(c1)C(=O)N(Cc1cncc(N3CCCC[C@H]3C)n1)[C@H](CCC(C)(C)F)CO2. The van der Waals surface area contributed by atoms with Gasteiger partial charge in [-0.05, 0) is 96.0 Å². The summed E-state index contributed by atoms with van der Waals surface area (Å²) in [6.07, 6.45) is 7.03. The zero-order valence-corrected chi connectivity index (χ0v) is 30.0. The number of hydrogen-bond donors (Lipinski definition) is 1. The molecule has 1 N–H and O–H groups in total. The number of hydrogen-bond acceptors (Lipinski definition) is 9. The molecular weight excluding hydrogens is 658 g/mol. The summed E-state index contributed by atoms with van der Waals surface area (Å²) in [5.74, 6) is 0.226. The van der Waals surface area contributed by atoms with Gasteiger partial charge in [0.05, 0.1) is 41.3 Å². The van der Waals surface area contributed by atoms with Gasteiger partial charge in [0.15, 0.2) is 0 Å². The van der Waals surface area contributed by atoms with Crippen molar-refractivity contribution >= 4 is 27.7 Å². The van der Waals surface area contributed by atoms with E-state index in [1.165, 1.54) is 32.0 Å². The second-order valence-corrected chi connectivity index (χ2v) is 15.6. The number of carbonyl (C=O) groups excluding carboxylic acids is 1. The van der Waals surface area contributed by atoms with Crippen molar-refractivity contribution in [3.05, 3.63) is 83.3 Å². The fraction of sp³-hybridized carbons (Fsp3) is 0.432. The number of aromatic nitrogens is 4. The molecule has 1 amide bonds. The van der Waals surface area contributed by atoms with Crippen LogP contribution >= 0.6 is 0 Å². The Kier molecular flexibility index (Phi) is 10.1. The quantitative estimate of drug-likeness (QED) is 0.225. The smallest absolute Gasteiger partial charge is 0.264 e. The number of amides is 1. The molecular formula is C37H44FN7O4S. The van der Waals surface area contributed by atoms with Gasteiger partial charge < -0.3 is 14.5 Å². The van der Waals surface area contributed by atoms with E-state index in [1.54, 1.807) is 29.4 Å². The maximum absolute atomic E-state index is 15.1. The predicted octanol–water partition coefficient (Wildman–Crippen LogP) is 6.66. The van der Waals surface area contributed by atoms with Crippen molar-refractivity contribution in [2.75, 3.05) is 22.8 Å². The van der Waals surface area contributed by atoms with Crippen molar-refractivity contribution in [2.45, 2.75) is 95.9 Å². The van der Waals surface area contributed by atoms with Gasteiger partial charge in [0.25, 0.3) is 15.9 Å². The van der Waals surface area contributed by atoms with E-state index in [9.17, 15) is 13.2 Å². The topological polar surface area (TPSA) is 131 Å². The highest BCUT2D eigenvalue weighted by Crippen LogP contribution is 2.31. The van der Waals surface area contributed by atoms with Crippen LogP contribution in [0.15, 0.2) is 65.8 Å². The minimum absolute atomic E-state index is 0.0422. The first kappa shape index (κ1) is 35.2. The highest BCUT2D eigenvalue weighted by atomic mass is 32.2. The Morgan fingerprint density at radius 2 is 1.78 bits per heavy atom. The van der Waals surface area contributed by atoms with Gasteiger partial charge in [-0.15, -0.1) is 0 Å². The van der Waals surface area contributed by atoms with Crippen molar-refractivity contribution in [1.82, 2.24) is 24.8 Å². The van der Waals surface area contributed by atoms with Crippen LogP contribution in [0.3, 0.4) is 0 Å². The number of nitrogens with zero attached hydrogens (tertiary/aromatic N) is 6. The van der Waals surface area contributed by atoms with Gasteiger partial charge in [0.2, 0.25) is 11.8 Å². The van der Waals surface area contributed by atoms with Crippen LogP contribution in [0.4, 0.5) is 16.2 Å². The summed E-state index contributed by atoms with van der Waals surface area (Å²) in [6, 6.07) is 13.0. The van der Waals surface area contributed by atoms with Crippen molar-refractivity contribution in [3.63, 3.8) is 0 Å². The number of ether oxygens (including phenoxy) is 1. The van der Waals surface area contributed by atoms with Crippen LogP contribution in [0, 0.1) is 13.8 Å². The number of halogens is 1. The summed E-state index contributed by atoms with van der Waals surface area (Å²) >= 11 is 0. The summed E-state index contributed by atoms with van der Waals surface area (Å²) in [7, 11) is -4.22. The molecule has 4 aromatic rings. The maximum atomic E-state index is 15.1. The third kappa shape index (κ3) is 8.04. The highest BCUT2D eigenvalue weighted by molar-refractivity contribution is 7.92. The second kappa shape index (κ2) is 14.3. The Morgan fingerprint density at radius 1 is 1.02 bits per heavy atom. The molecule has 0 unspecified atom stereocenters. The molecule has 13 heteroatoms. The predicted molar refractivity (Wildman–Crippen MR) is 190 cm³/mol. The fourth-order valence-corrected chi connectivity index (χ4v) is 7.63. The van der Waals surface area contributed by atoms with Crippen LogP contribution in [-0.2, 0) is 16.6 Å². The lowest BCUT2D eigenvalue weighted by atomic mass is 9.99. The monoisotopic (exact) mass is 701 g/mol. The molecule has 1 saturated heterocycles. The third-order valence-corrected chi connectivity index (χ3v) is 10.7. The number of aryl methyl sites for hydroxylation is 2. The molecule has 0 saturated carbocycles. The molecule has 2 aliphatic heterocycles. The molecule has 0 aliphatic carbocycles. The van der Waals surface area contributed by atoms with Gasteiger partial charge in [0.1, 0.15) is 18.1 Å². The molecule has 0 radical (unpaired) electrons. The molecule has 50 heavy (non-hydrogen) atoms. The van der Waals surface area contributed by atoms with Crippen molar-refractivity contribution < 1.29 is 22.3 Å². The van der Waals surface area contributed by atoms with Crippen molar-refractivity contribution in [2.24, 2.45) is 0 Å². The van der Waals surface area contributed by atoms with E-state index in [-0.39, 0.29) is 48.3 Å². The number of sulfonamides is 1. The van der Waals surface area contributed by atoms with Gasteiger partial charge >= 0.3 is 0 Å². The van der Waals surface area contributed by atoms with E-state index < -0.39 is 27.6 Å². The Balaban J connectivity index is 1.46. The van der Waals surface area contributed by atoms with E-state index in [4.69, 9.17) is 9.72 Å². The van der Waals surface area contributed by atoms with Crippen molar-refractivity contribution in [1.29, 1.82) is 0 Å². The molecule has 0 spiro atoms. The second-order valence-electron chi connectivity index (χ2n) is 13.9. The molecule has 4 bridgehead atoms. The summed E-state index contributed by atoms with van der Waals surface area (Å²) in [5, 5.41) is 0. The van der Waals surface area contributed by atoms with Gasteiger partial charge in [-0.1, -0.05) is 24.3 Å². The van der Waals surface area contributed by atoms with Crippen molar-refractivity contribution in [3.8, 4) is 17.1 Å². The fourth-order valence-electron chi connectivity index (χ4n) is 6.64. The van der Waals surface area contributed by atoms with E-state index in [0.29, 0.717) is 17.4 Å². The summed E-state index contributed by atoms with van der Waals surface area (Å²) in [6.45, 7) is 9.93. The van der Waals surface area contributed by atoms with Crippen LogP contribution in [0.5, 0.6) is 5.88 Å². The van der Waals surface area contributed by atoms with Gasteiger partial charge in [-0.2, -0.15) is 4.98 Å². The number of piperidine rings is 1. The summed E-state index contributed by atoms with van der Waals surface area (Å²) in [4.78, 5) is 36.6. The average molecular weight is 702 g/mol. The van der Waals surface area contributed by atoms with Gasteiger partial charge in [-0.3, -0.25) is 9.78 Å². The summed E-state index contributed by atoms with van der Waals surface area (Å²) < 4.78 is 51.3. The largest absolute Gasteiger partial charge is 0.475 e. The summed E-state index contributed by atoms with van der Waals surface area (Å²) in [5.41, 5.74) is 2.35. The Bertz CT molecular complexity index is 1960. The van der Waals surface area contributed by atoms with E-state index in [2.05, 4.69) is 31.5 Å². The molecule has 264 valence electrons. The Morgan fingerprint density at radius 3 is 2.52 bits per heavy atom. The number of carbonyl (C=O) groups is 1. The normalized spacial score (nSPS) is 19.4. The first-order valence-electron chi connectivity index (χ1n) is 17.1. The zero-order valence-electron chi connectivity index (χ0n) is 29.2. The minimum atomic E-state index is -4.22. The van der Waals surface area contributed by atoms with E-state index in [1.807, 2.05) is 32.0 Å². The Labute approximate surface area is 293 Å². The standard InChI is InChI=1S/C37H44FN7O4S/c1-24-10-8-11-25(2)34(24)31-19-33-42-36(41-31)43-50(47,48)30-14-9-13-27(18-30)35(46)45(29(23-49-33)15-16-37(4,5)38)22-28-20-39-21-32(40-28)44-17-7-6-12-26(44)3/h8-11,13-14,18-21,26,29H,6-7,12,15-17,22-23H2,1-5H3,(H,41,42,43)/t26-,29-/m1/s1. The number of rotatable bonds is 7. The van der Waals surface area contributed by atoms with Crippen LogP contribution in [-0.4, -0.2) is 70.1 Å². The number of nitrogens with one attached hydrogen (secondary N) is 1. The number of benzene rings is 2. The first-order chi connectivity index (χ1) is 23.8. The maximum Gasteiger partial charge on any atom is 0.264 e. The molecule has 11 nitrogen and oxygen atoms in total. The molecule has 2 aliphatic rings. The Hall–Kier alpha value is -4.65. The lowest BCUT2D eigenvalue weighted by Gasteiger charge is -2.35. The molecule has 2 aromatic heterocycles.